The normalized spacial score (nSPS) is 30.3. The number of rotatable bonds is 4. The van der Waals surface area contributed by atoms with E-state index < -0.39 is 0 Å². The zero-order valence-corrected chi connectivity index (χ0v) is 12.8. The second kappa shape index (κ2) is 7.41. The quantitative estimate of drug-likeness (QED) is 0.792. The summed E-state index contributed by atoms with van der Waals surface area (Å²) in [5, 5.41) is 3.85. The number of nitrogens with one attached hydrogen (secondary N) is 1. The molecule has 2 atom stereocenters. The van der Waals surface area contributed by atoms with Crippen molar-refractivity contribution in [3.8, 4) is 0 Å². The number of nitrogens with zero attached hydrogens (tertiary/aromatic N) is 1. The van der Waals surface area contributed by atoms with E-state index in [0.29, 0.717) is 12.1 Å². The molecule has 3 nitrogen and oxygen atoms in total. The third-order valence-electron chi connectivity index (χ3n) is 4.30. The highest BCUT2D eigenvalue weighted by Gasteiger charge is 2.24. The Kier molecular flexibility index (Phi) is 5.86. The van der Waals surface area contributed by atoms with Crippen LogP contribution in [0.4, 0.5) is 0 Å². The van der Waals surface area contributed by atoms with Crippen molar-refractivity contribution < 1.29 is 4.74 Å². The monoisotopic (exact) mass is 266 g/mol. The molecule has 1 N–H and O–H groups in total. The molecule has 0 aromatic heterocycles. The minimum Gasteiger partial charge on any atom is -0.378 e. The van der Waals surface area contributed by atoms with Crippen molar-refractivity contribution in [3.05, 3.63) is 11.6 Å². The molecule has 2 aliphatic rings. The van der Waals surface area contributed by atoms with Crippen LogP contribution in [-0.2, 0) is 4.74 Å². The SMILES string of the molecule is CC(C)=CCN1CCC(NC2CCOC(C)C2)CC1. The molecule has 110 valence electrons. The van der Waals surface area contributed by atoms with Gasteiger partial charge in [-0.05, 0) is 59.5 Å². The first-order valence-corrected chi connectivity index (χ1v) is 7.87. The van der Waals surface area contributed by atoms with E-state index in [9.17, 15) is 0 Å². The van der Waals surface area contributed by atoms with Gasteiger partial charge in [-0.2, -0.15) is 0 Å². The van der Waals surface area contributed by atoms with Crippen molar-refractivity contribution in [3.63, 3.8) is 0 Å². The minimum atomic E-state index is 0.434. The van der Waals surface area contributed by atoms with Crippen LogP contribution in [0.2, 0.25) is 0 Å². The fourth-order valence-electron chi connectivity index (χ4n) is 3.08. The Labute approximate surface area is 118 Å². The van der Waals surface area contributed by atoms with Crippen molar-refractivity contribution in [2.24, 2.45) is 0 Å². The van der Waals surface area contributed by atoms with Gasteiger partial charge in [-0.25, -0.2) is 0 Å². The van der Waals surface area contributed by atoms with Gasteiger partial charge in [-0.15, -0.1) is 0 Å². The first-order valence-electron chi connectivity index (χ1n) is 7.87. The van der Waals surface area contributed by atoms with Gasteiger partial charge in [0.15, 0.2) is 0 Å². The Bertz CT molecular complexity index is 291. The van der Waals surface area contributed by atoms with E-state index >= 15 is 0 Å². The predicted octanol–water partition coefficient (Wildman–Crippen LogP) is 2.57. The van der Waals surface area contributed by atoms with E-state index in [1.54, 1.807) is 0 Å². The van der Waals surface area contributed by atoms with Gasteiger partial charge in [0.05, 0.1) is 6.10 Å². The van der Waals surface area contributed by atoms with Crippen molar-refractivity contribution in [2.75, 3.05) is 26.2 Å². The Hall–Kier alpha value is -0.380. The largest absolute Gasteiger partial charge is 0.378 e. The van der Waals surface area contributed by atoms with E-state index in [0.717, 1.165) is 19.2 Å². The smallest absolute Gasteiger partial charge is 0.0561 e. The number of hydrogen-bond acceptors (Lipinski definition) is 3. The summed E-state index contributed by atoms with van der Waals surface area (Å²) in [6.45, 7) is 11.1. The average molecular weight is 266 g/mol. The topological polar surface area (TPSA) is 24.5 Å². The van der Waals surface area contributed by atoms with Gasteiger partial charge in [0.25, 0.3) is 0 Å². The number of hydrogen-bond donors (Lipinski definition) is 1. The van der Waals surface area contributed by atoms with E-state index in [1.165, 1.54) is 44.3 Å². The summed E-state index contributed by atoms with van der Waals surface area (Å²) in [7, 11) is 0. The lowest BCUT2D eigenvalue weighted by Crippen LogP contribution is -2.48. The van der Waals surface area contributed by atoms with Crippen LogP contribution in [0.5, 0.6) is 0 Å². The second-order valence-corrected chi connectivity index (χ2v) is 6.43. The lowest BCUT2D eigenvalue weighted by atomic mass is 9.99. The highest BCUT2D eigenvalue weighted by atomic mass is 16.5. The van der Waals surface area contributed by atoms with E-state index in [2.05, 4.69) is 37.1 Å². The zero-order valence-electron chi connectivity index (χ0n) is 12.8. The molecule has 19 heavy (non-hydrogen) atoms. The van der Waals surface area contributed by atoms with Gasteiger partial charge in [0.2, 0.25) is 0 Å². The van der Waals surface area contributed by atoms with Crippen LogP contribution in [-0.4, -0.2) is 49.3 Å². The molecule has 0 saturated carbocycles. The molecule has 2 unspecified atom stereocenters. The molecule has 0 radical (unpaired) electrons. The maximum Gasteiger partial charge on any atom is 0.0561 e. The Morgan fingerprint density at radius 1 is 1.21 bits per heavy atom. The molecule has 0 amide bonds. The molecule has 3 heteroatoms. The maximum atomic E-state index is 5.61. The maximum absolute atomic E-state index is 5.61. The molecule has 2 aliphatic heterocycles. The molecule has 2 heterocycles. The number of allylic oxidation sites excluding steroid dienone is 1. The summed E-state index contributed by atoms with van der Waals surface area (Å²) in [5.41, 5.74) is 1.43. The van der Waals surface area contributed by atoms with Crippen LogP contribution in [0.15, 0.2) is 11.6 Å². The predicted molar refractivity (Wildman–Crippen MR) is 80.5 cm³/mol. The summed E-state index contributed by atoms with van der Waals surface area (Å²) in [6.07, 6.45) is 7.72. The average Bonchev–Trinajstić information content (AvgIpc) is 2.38. The summed E-state index contributed by atoms with van der Waals surface area (Å²) < 4.78 is 5.61. The molecule has 0 aromatic carbocycles. The molecule has 0 aromatic rings. The number of ether oxygens (including phenoxy) is 1. The van der Waals surface area contributed by atoms with Crippen molar-refractivity contribution >= 4 is 0 Å². The van der Waals surface area contributed by atoms with E-state index in [4.69, 9.17) is 4.74 Å². The Balaban J connectivity index is 1.67. The van der Waals surface area contributed by atoms with Gasteiger partial charge in [-0.3, -0.25) is 4.90 Å². The van der Waals surface area contributed by atoms with Gasteiger partial charge >= 0.3 is 0 Å². The highest BCUT2D eigenvalue weighted by molar-refractivity contribution is 4.96. The van der Waals surface area contributed by atoms with Crippen LogP contribution in [0.25, 0.3) is 0 Å². The zero-order chi connectivity index (χ0) is 13.7. The molecule has 2 fully saturated rings. The van der Waals surface area contributed by atoms with Gasteiger partial charge < -0.3 is 10.1 Å². The number of piperidine rings is 1. The van der Waals surface area contributed by atoms with Gasteiger partial charge in [0, 0.05) is 25.2 Å². The second-order valence-electron chi connectivity index (χ2n) is 6.43. The molecule has 0 spiro atoms. The molecular weight excluding hydrogens is 236 g/mol. The van der Waals surface area contributed by atoms with Crippen LogP contribution >= 0.6 is 0 Å². The summed E-state index contributed by atoms with van der Waals surface area (Å²) >= 11 is 0. The summed E-state index contributed by atoms with van der Waals surface area (Å²) in [5.74, 6) is 0. The van der Waals surface area contributed by atoms with Crippen LogP contribution < -0.4 is 5.32 Å². The summed E-state index contributed by atoms with van der Waals surface area (Å²) in [6, 6.07) is 1.40. The van der Waals surface area contributed by atoms with Crippen LogP contribution in [0, 0.1) is 0 Å². The highest BCUT2D eigenvalue weighted by Crippen LogP contribution is 2.17. The molecular formula is C16H30N2O. The number of likely N-dealkylation sites (tertiary alicyclic amines) is 1. The van der Waals surface area contributed by atoms with Crippen LogP contribution in [0.1, 0.15) is 46.5 Å². The fourth-order valence-corrected chi connectivity index (χ4v) is 3.08. The molecule has 2 saturated heterocycles. The van der Waals surface area contributed by atoms with Gasteiger partial charge in [0.1, 0.15) is 0 Å². The van der Waals surface area contributed by atoms with Crippen molar-refractivity contribution in [1.29, 1.82) is 0 Å². The van der Waals surface area contributed by atoms with Gasteiger partial charge in [-0.1, -0.05) is 11.6 Å². The summed E-state index contributed by atoms with van der Waals surface area (Å²) in [4.78, 5) is 2.57. The minimum absolute atomic E-state index is 0.434. The Morgan fingerprint density at radius 2 is 1.95 bits per heavy atom. The van der Waals surface area contributed by atoms with Crippen LogP contribution in [0.3, 0.4) is 0 Å². The van der Waals surface area contributed by atoms with E-state index in [1.807, 2.05) is 0 Å². The molecule has 0 bridgehead atoms. The van der Waals surface area contributed by atoms with Crippen molar-refractivity contribution in [2.45, 2.75) is 64.6 Å². The van der Waals surface area contributed by atoms with Crippen molar-refractivity contribution in [1.82, 2.24) is 10.2 Å². The lowest BCUT2D eigenvalue weighted by molar-refractivity contribution is 0.00956. The molecule has 0 aliphatic carbocycles. The first kappa shape index (κ1) is 15.0. The van der Waals surface area contributed by atoms with E-state index in [-0.39, 0.29) is 0 Å². The first-order chi connectivity index (χ1) is 9.13. The fraction of sp³-hybridized carbons (Fsp3) is 0.875. The Morgan fingerprint density at radius 3 is 2.58 bits per heavy atom. The third-order valence-corrected chi connectivity index (χ3v) is 4.30. The lowest BCUT2D eigenvalue weighted by Gasteiger charge is -2.36. The standard InChI is InChI=1S/C16H30N2O/c1-13(2)4-8-18-9-5-15(6-10-18)17-16-7-11-19-14(3)12-16/h4,14-17H,5-12H2,1-3H3. The molecule has 2 rings (SSSR count). The third kappa shape index (κ3) is 5.25.